The summed E-state index contributed by atoms with van der Waals surface area (Å²) >= 11 is 1.30. The van der Waals surface area contributed by atoms with E-state index in [4.69, 9.17) is 4.74 Å². The molecule has 2 aromatic rings. The lowest BCUT2D eigenvalue weighted by Crippen LogP contribution is -2.35. The van der Waals surface area contributed by atoms with Crippen molar-refractivity contribution in [3.05, 3.63) is 34.3 Å². The monoisotopic (exact) mass is 390 g/mol. The Balaban J connectivity index is 1.61. The molecular weight excluding hydrogens is 364 g/mol. The zero-order chi connectivity index (χ0) is 19.2. The number of ether oxygens (including phenoxy) is 1. The van der Waals surface area contributed by atoms with Crippen LogP contribution < -0.4 is 10.1 Å². The lowest BCUT2D eigenvalue weighted by atomic mass is 10.1. The van der Waals surface area contributed by atoms with E-state index in [1.54, 1.807) is 31.4 Å². The van der Waals surface area contributed by atoms with Crippen LogP contribution in [-0.2, 0) is 6.54 Å². The van der Waals surface area contributed by atoms with Gasteiger partial charge in [0.1, 0.15) is 10.8 Å². The van der Waals surface area contributed by atoms with Crippen LogP contribution in [0.5, 0.6) is 5.75 Å². The molecule has 0 saturated heterocycles. The number of methoxy groups -OCH3 is 1. The number of nitrogens with zero attached hydrogens (tertiary/aromatic N) is 3. The maximum atomic E-state index is 12.4. The molecule has 146 valence electrons. The van der Waals surface area contributed by atoms with Gasteiger partial charge in [0, 0.05) is 18.3 Å². The minimum absolute atomic E-state index is 0.120. The van der Waals surface area contributed by atoms with Gasteiger partial charge in [-0.25, -0.2) is 0 Å². The molecule has 27 heavy (non-hydrogen) atoms. The fourth-order valence-corrected chi connectivity index (χ4v) is 4.23. The highest BCUT2D eigenvalue weighted by Gasteiger charge is 2.27. The van der Waals surface area contributed by atoms with Crippen molar-refractivity contribution in [3.8, 4) is 5.75 Å². The predicted octanol–water partition coefficient (Wildman–Crippen LogP) is 2.78. The van der Waals surface area contributed by atoms with Gasteiger partial charge in [0.15, 0.2) is 0 Å². The highest BCUT2D eigenvalue weighted by atomic mass is 32.1. The molecule has 1 heterocycles. The van der Waals surface area contributed by atoms with E-state index in [2.05, 4.69) is 27.3 Å². The van der Waals surface area contributed by atoms with E-state index in [0.29, 0.717) is 29.8 Å². The Bertz CT molecular complexity index is 750. The topological polar surface area (TPSA) is 87.6 Å². The van der Waals surface area contributed by atoms with Gasteiger partial charge >= 0.3 is 0 Å². The molecule has 1 saturated carbocycles. The average Bonchev–Trinajstić information content (AvgIpc) is 3.31. The van der Waals surface area contributed by atoms with Crippen molar-refractivity contribution in [1.82, 2.24) is 15.1 Å². The molecule has 1 aromatic heterocycles. The number of hydrogen-bond donors (Lipinski definition) is 2. The van der Waals surface area contributed by atoms with Gasteiger partial charge in [-0.2, -0.15) is 0 Å². The number of amides is 1. The zero-order valence-electron chi connectivity index (χ0n) is 15.7. The minimum atomic E-state index is -0.271. The lowest BCUT2D eigenvalue weighted by molar-refractivity contribution is 0.102. The third-order valence-corrected chi connectivity index (χ3v) is 5.82. The smallest absolute Gasteiger partial charge is 0.286 e. The van der Waals surface area contributed by atoms with Crippen molar-refractivity contribution in [3.63, 3.8) is 0 Å². The van der Waals surface area contributed by atoms with Gasteiger partial charge in [-0.3, -0.25) is 9.69 Å². The molecule has 0 aliphatic heterocycles. The van der Waals surface area contributed by atoms with Crippen LogP contribution in [-0.4, -0.2) is 52.4 Å². The molecule has 8 heteroatoms. The normalized spacial score (nSPS) is 19.4. The fraction of sp³-hybridized carbons (Fsp3) is 0.526. The van der Waals surface area contributed by atoms with E-state index in [9.17, 15) is 9.90 Å². The summed E-state index contributed by atoms with van der Waals surface area (Å²) in [6.07, 6.45) is 3.51. The third-order valence-electron chi connectivity index (χ3n) is 4.92. The summed E-state index contributed by atoms with van der Waals surface area (Å²) in [5, 5.41) is 21.6. The molecule has 0 bridgehead atoms. The molecule has 1 aliphatic carbocycles. The predicted molar refractivity (Wildman–Crippen MR) is 105 cm³/mol. The Hall–Kier alpha value is -2.03. The van der Waals surface area contributed by atoms with Gasteiger partial charge in [0.2, 0.25) is 5.01 Å². The first-order valence-corrected chi connectivity index (χ1v) is 10.0. The van der Waals surface area contributed by atoms with Crippen molar-refractivity contribution in [2.45, 2.75) is 38.8 Å². The van der Waals surface area contributed by atoms with Crippen LogP contribution in [0.3, 0.4) is 0 Å². The maximum absolute atomic E-state index is 12.4. The number of benzene rings is 1. The van der Waals surface area contributed by atoms with E-state index in [1.165, 1.54) is 17.8 Å². The van der Waals surface area contributed by atoms with Gasteiger partial charge in [-0.1, -0.05) is 18.3 Å². The van der Waals surface area contributed by atoms with Crippen LogP contribution in [0, 0.1) is 5.92 Å². The first-order chi connectivity index (χ1) is 13.1. The lowest BCUT2D eigenvalue weighted by Gasteiger charge is -2.27. The summed E-state index contributed by atoms with van der Waals surface area (Å²) in [7, 11) is 1.60. The number of hydrogen-bond acceptors (Lipinski definition) is 7. The summed E-state index contributed by atoms with van der Waals surface area (Å²) in [6.45, 7) is 3.62. The largest absolute Gasteiger partial charge is 0.497 e. The Morgan fingerprint density at radius 3 is 2.74 bits per heavy atom. The SMILES string of the molecule is COc1ccc(NC(=O)c2nnc(CN(CCO)C3CCC(C)C3)s2)cc1. The van der Waals surface area contributed by atoms with Crippen LogP contribution in [0.4, 0.5) is 5.69 Å². The Morgan fingerprint density at radius 2 is 2.11 bits per heavy atom. The minimum Gasteiger partial charge on any atom is -0.497 e. The number of carbonyl (C=O) groups is 1. The molecule has 1 aliphatic rings. The molecule has 7 nitrogen and oxygen atoms in total. The van der Waals surface area contributed by atoms with Gasteiger partial charge in [-0.15, -0.1) is 10.2 Å². The molecule has 0 spiro atoms. The molecule has 2 atom stereocenters. The quantitative estimate of drug-likeness (QED) is 0.721. The average molecular weight is 391 g/mol. The number of aliphatic hydroxyl groups excluding tert-OH is 1. The molecule has 2 unspecified atom stereocenters. The number of aliphatic hydroxyl groups is 1. The Labute approximate surface area is 163 Å². The van der Waals surface area contributed by atoms with Crippen molar-refractivity contribution < 1.29 is 14.6 Å². The number of anilines is 1. The number of rotatable bonds is 8. The molecular formula is C19H26N4O3S. The van der Waals surface area contributed by atoms with Gasteiger partial charge in [0.05, 0.1) is 20.3 Å². The Morgan fingerprint density at radius 1 is 1.33 bits per heavy atom. The third kappa shape index (κ3) is 5.24. The van der Waals surface area contributed by atoms with Crippen LogP contribution in [0.15, 0.2) is 24.3 Å². The van der Waals surface area contributed by atoms with Crippen LogP contribution >= 0.6 is 11.3 Å². The first kappa shape index (κ1) is 19.7. The molecule has 1 fully saturated rings. The van der Waals surface area contributed by atoms with Crippen LogP contribution in [0.1, 0.15) is 41.0 Å². The second-order valence-electron chi connectivity index (χ2n) is 6.95. The van der Waals surface area contributed by atoms with E-state index < -0.39 is 0 Å². The highest BCUT2D eigenvalue weighted by Crippen LogP contribution is 2.30. The van der Waals surface area contributed by atoms with E-state index in [-0.39, 0.29) is 12.5 Å². The van der Waals surface area contributed by atoms with Crippen molar-refractivity contribution in [1.29, 1.82) is 0 Å². The second kappa shape index (κ2) is 9.25. The zero-order valence-corrected chi connectivity index (χ0v) is 16.5. The van der Waals surface area contributed by atoms with E-state index in [1.807, 2.05) is 0 Å². The number of carbonyl (C=O) groups excluding carboxylic acids is 1. The molecule has 0 radical (unpaired) electrons. The summed E-state index contributed by atoms with van der Waals surface area (Å²) in [4.78, 5) is 14.7. The van der Waals surface area contributed by atoms with Gasteiger partial charge < -0.3 is 15.2 Å². The highest BCUT2D eigenvalue weighted by molar-refractivity contribution is 7.13. The first-order valence-electron chi connectivity index (χ1n) is 9.21. The summed E-state index contributed by atoms with van der Waals surface area (Å²) in [5.74, 6) is 1.18. The second-order valence-corrected chi connectivity index (χ2v) is 8.01. The molecule has 1 aromatic carbocycles. The van der Waals surface area contributed by atoms with Crippen LogP contribution in [0.25, 0.3) is 0 Å². The van der Waals surface area contributed by atoms with E-state index >= 15 is 0 Å². The van der Waals surface area contributed by atoms with Crippen molar-refractivity contribution in [2.24, 2.45) is 5.92 Å². The fourth-order valence-electron chi connectivity index (χ4n) is 3.47. The maximum Gasteiger partial charge on any atom is 0.286 e. The van der Waals surface area contributed by atoms with Crippen molar-refractivity contribution >= 4 is 22.9 Å². The summed E-state index contributed by atoms with van der Waals surface area (Å²) in [6, 6.07) is 7.60. The summed E-state index contributed by atoms with van der Waals surface area (Å²) in [5.41, 5.74) is 0.680. The van der Waals surface area contributed by atoms with E-state index in [0.717, 1.165) is 29.5 Å². The molecule has 1 amide bonds. The van der Waals surface area contributed by atoms with Crippen LogP contribution in [0.2, 0.25) is 0 Å². The number of aromatic nitrogens is 2. The number of nitrogens with one attached hydrogen (secondary N) is 1. The molecule has 3 rings (SSSR count). The standard InChI is InChI=1S/C19H26N4O3S/c1-13-3-6-15(11-13)23(9-10-24)12-17-21-22-19(27-17)18(25)20-14-4-7-16(26-2)8-5-14/h4-5,7-8,13,15,24H,3,6,9-12H2,1-2H3,(H,20,25). The summed E-state index contributed by atoms with van der Waals surface area (Å²) < 4.78 is 5.11. The Kier molecular flexibility index (Phi) is 6.76. The van der Waals surface area contributed by atoms with Gasteiger partial charge in [-0.05, 0) is 49.4 Å². The molecule has 2 N–H and O–H groups in total. The van der Waals surface area contributed by atoms with Gasteiger partial charge in [0.25, 0.3) is 5.91 Å². The van der Waals surface area contributed by atoms with Crippen molar-refractivity contribution in [2.75, 3.05) is 25.6 Å².